The number of piperidine rings is 1. The summed E-state index contributed by atoms with van der Waals surface area (Å²) in [4.78, 5) is 19.2. The van der Waals surface area contributed by atoms with Crippen LogP contribution in [0.15, 0.2) is 0 Å². The molecule has 3 saturated heterocycles. The Morgan fingerprint density at radius 3 is 2.50 bits per heavy atom. The van der Waals surface area contributed by atoms with E-state index in [-0.39, 0.29) is 0 Å². The van der Waals surface area contributed by atoms with Crippen LogP contribution in [0.3, 0.4) is 0 Å². The largest absolute Gasteiger partial charge is 0.323 e. The lowest BCUT2D eigenvalue weighted by molar-refractivity contribution is 0.164. The van der Waals surface area contributed by atoms with Crippen molar-refractivity contribution in [1.82, 2.24) is 20.0 Å². The Morgan fingerprint density at radius 2 is 1.75 bits per heavy atom. The third kappa shape index (κ3) is 3.26. The number of rotatable bonds is 5. The molecule has 0 unspecified atom stereocenters. The molecule has 2 amide bonds. The van der Waals surface area contributed by atoms with Crippen LogP contribution in [-0.4, -0.2) is 79.1 Å². The van der Waals surface area contributed by atoms with E-state index in [4.69, 9.17) is 0 Å². The Balaban J connectivity index is 1.40. The monoisotopic (exact) mass is 280 g/mol. The summed E-state index contributed by atoms with van der Waals surface area (Å²) in [6, 6.07) is 0.769. The van der Waals surface area contributed by atoms with Crippen molar-refractivity contribution in [3.05, 3.63) is 0 Å². The zero-order chi connectivity index (χ0) is 13.8. The molecule has 3 fully saturated rings. The molecule has 0 bridgehead atoms. The van der Waals surface area contributed by atoms with Gasteiger partial charge >= 0.3 is 6.03 Å². The predicted octanol–water partition coefficient (Wildman–Crippen LogP) is 0.962. The van der Waals surface area contributed by atoms with Gasteiger partial charge in [0.2, 0.25) is 0 Å². The summed E-state index contributed by atoms with van der Waals surface area (Å²) in [6.45, 7) is 8.61. The van der Waals surface area contributed by atoms with Crippen LogP contribution in [-0.2, 0) is 0 Å². The second-order valence-electron chi connectivity index (χ2n) is 6.35. The summed E-state index contributed by atoms with van der Waals surface area (Å²) in [6.07, 6.45) is 6.07. The van der Waals surface area contributed by atoms with Crippen LogP contribution >= 0.6 is 0 Å². The van der Waals surface area contributed by atoms with E-state index in [2.05, 4.69) is 20.0 Å². The van der Waals surface area contributed by atoms with Gasteiger partial charge in [0.25, 0.3) is 0 Å². The fourth-order valence-corrected chi connectivity index (χ4v) is 3.76. The van der Waals surface area contributed by atoms with Crippen LogP contribution < -0.4 is 5.32 Å². The maximum atomic E-state index is 12.4. The van der Waals surface area contributed by atoms with Gasteiger partial charge in [-0.1, -0.05) is 0 Å². The molecule has 0 aliphatic carbocycles. The van der Waals surface area contributed by atoms with E-state index < -0.39 is 0 Å². The van der Waals surface area contributed by atoms with Gasteiger partial charge in [-0.05, 0) is 64.8 Å². The van der Waals surface area contributed by atoms with E-state index in [1.807, 2.05) is 0 Å². The fourth-order valence-electron chi connectivity index (χ4n) is 3.76. The molecule has 0 radical (unpaired) electrons. The number of urea groups is 1. The molecule has 3 aliphatic heterocycles. The number of likely N-dealkylation sites (tertiary alicyclic amines) is 1. The van der Waals surface area contributed by atoms with Crippen molar-refractivity contribution < 1.29 is 4.79 Å². The highest BCUT2D eigenvalue weighted by Gasteiger charge is 2.33. The van der Waals surface area contributed by atoms with E-state index in [0.717, 1.165) is 58.5 Å². The summed E-state index contributed by atoms with van der Waals surface area (Å²) < 4.78 is 0. The maximum absolute atomic E-state index is 12.4. The minimum Gasteiger partial charge on any atom is -0.323 e. The summed E-state index contributed by atoms with van der Waals surface area (Å²) >= 11 is 0. The zero-order valence-corrected chi connectivity index (χ0v) is 12.5. The van der Waals surface area contributed by atoms with E-state index in [0.29, 0.717) is 12.1 Å². The number of carbonyl (C=O) groups is 1. The van der Waals surface area contributed by atoms with Crippen LogP contribution in [0.2, 0.25) is 0 Å². The van der Waals surface area contributed by atoms with Gasteiger partial charge in [0, 0.05) is 25.7 Å². The molecule has 3 aliphatic rings. The molecule has 1 N–H and O–H groups in total. The number of nitrogens with one attached hydrogen (secondary N) is 1. The first-order valence-electron chi connectivity index (χ1n) is 8.33. The lowest BCUT2D eigenvalue weighted by Crippen LogP contribution is -2.45. The minimum absolute atomic E-state index is 0.290. The van der Waals surface area contributed by atoms with Gasteiger partial charge in [-0.25, -0.2) is 4.79 Å². The van der Waals surface area contributed by atoms with Gasteiger partial charge in [-0.15, -0.1) is 0 Å². The third-order valence-electron chi connectivity index (χ3n) is 4.98. The van der Waals surface area contributed by atoms with E-state index in [9.17, 15) is 4.79 Å². The molecule has 0 spiro atoms. The second kappa shape index (κ2) is 6.76. The van der Waals surface area contributed by atoms with Crippen LogP contribution in [0, 0.1) is 0 Å². The Bertz CT molecular complexity index is 324. The van der Waals surface area contributed by atoms with Crippen molar-refractivity contribution in [1.29, 1.82) is 0 Å². The standard InChI is InChI=1S/C15H28N4O/c20-15-18(11-3-10-17-8-1-2-9-17)12-13-19(15)14-4-6-16-7-5-14/h14,16H,1-13H2. The van der Waals surface area contributed by atoms with Gasteiger partial charge in [0.05, 0.1) is 0 Å². The summed E-state index contributed by atoms with van der Waals surface area (Å²) in [5, 5.41) is 3.37. The molecule has 5 heteroatoms. The highest BCUT2D eigenvalue weighted by molar-refractivity contribution is 5.76. The highest BCUT2D eigenvalue weighted by Crippen LogP contribution is 2.19. The van der Waals surface area contributed by atoms with Gasteiger partial charge < -0.3 is 20.0 Å². The summed E-state index contributed by atoms with van der Waals surface area (Å²) in [5.74, 6) is 0. The van der Waals surface area contributed by atoms with Crippen molar-refractivity contribution >= 4 is 6.03 Å². The Kier molecular flexibility index (Phi) is 4.78. The molecule has 20 heavy (non-hydrogen) atoms. The average molecular weight is 280 g/mol. The first-order valence-corrected chi connectivity index (χ1v) is 8.33. The fraction of sp³-hybridized carbons (Fsp3) is 0.933. The molecule has 3 heterocycles. The van der Waals surface area contributed by atoms with Crippen LogP contribution in [0.5, 0.6) is 0 Å². The van der Waals surface area contributed by atoms with Crippen molar-refractivity contribution in [3.63, 3.8) is 0 Å². The van der Waals surface area contributed by atoms with Gasteiger partial charge in [0.15, 0.2) is 0 Å². The molecule has 0 aromatic heterocycles. The normalized spacial score (nSPS) is 25.9. The SMILES string of the molecule is O=C1N(CCCN2CCCC2)CCN1C1CCNCC1. The van der Waals surface area contributed by atoms with E-state index >= 15 is 0 Å². The van der Waals surface area contributed by atoms with Gasteiger partial charge in [-0.2, -0.15) is 0 Å². The van der Waals surface area contributed by atoms with E-state index in [1.165, 1.54) is 25.9 Å². The number of nitrogens with zero attached hydrogens (tertiary/aromatic N) is 3. The number of hydrogen-bond acceptors (Lipinski definition) is 3. The topological polar surface area (TPSA) is 38.8 Å². The highest BCUT2D eigenvalue weighted by atomic mass is 16.2. The Hall–Kier alpha value is -0.810. The van der Waals surface area contributed by atoms with Crippen molar-refractivity contribution in [2.75, 3.05) is 52.4 Å². The maximum Gasteiger partial charge on any atom is 0.320 e. The molecule has 0 aromatic carbocycles. The first kappa shape index (κ1) is 14.1. The Morgan fingerprint density at radius 1 is 1.00 bits per heavy atom. The van der Waals surface area contributed by atoms with Crippen LogP contribution in [0.1, 0.15) is 32.1 Å². The Labute approximate surface area is 122 Å². The van der Waals surface area contributed by atoms with Gasteiger partial charge in [0.1, 0.15) is 0 Å². The van der Waals surface area contributed by atoms with Crippen LogP contribution in [0.4, 0.5) is 4.79 Å². The van der Waals surface area contributed by atoms with E-state index in [1.54, 1.807) is 0 Å². The molecule has 5 nitrogen and oxygen atoms in total. The smallest absolute Gasteiger partial charge is 0.320 e. The lowest BCUT2D eigenvalue weighted by Gasteiger charge is -2.31. The first-order chi connectivity index (χ1) is 9.84. The number of amides is 2. The van der Waals surface area contributed by atoms with Crippen molar-refractivity contribution in [2.45, 2.75) is 38.1 Å². The van der Waals surface area contributed by atoms with Gasteiger partial charge in [-0.3, -0.25) is 0 Å². The molecule has 3 rings (SSSR count). The number of carbonyl (C=O) groups excluding carboxylic acids is 1. The third-order valence-corrected chi connectivity index (χ3v) is 4.98. The molecular formula is C15H28N4O. The van der Waals surface area contributed by atoms with Crippen molar-refractivity contribution in [3.8, 4) is 0 Å². The average Bonchev–Trinajstić information content (AvgIpc) is 3.11. The molecule has 0 aromatic rings. The molecule has 0 atom stereocenters. The van der Waals surface area contributed by atoms with Crippen molar-refractivity contribution in [2.24, 2.45) is 0 Å². The zero-order valence-electron chi connectivity index (χ0n) is 12.5. The molecule has 0 saturated carbocycles. The van der Waals surface area contributed by atoms with Crippen LogP contribution in [0.25, 0.3) is 0 Å². The predicted molar refractivity (Wildman–Crippen MR) is 79.9 cm³/mol. The minimum atomic E-state index is 0.290. The second-order valence-corrected chi connectivity index (χ2v) is 6.35. The quantitative estimate of drug-likeness (QED) is 0.815. The molecular weight excluding hydrogens is 252 g/mol. The number of hydrogen-bond donors (Lipinski definition) is 1. The molecule has 114 valence electrons. The summed E-state index contributed by atoms with van der Waals surface area (Å²) in [7, 11) is 0. The lowest BCUT2D eigenvalue weighted by atomic mass is 10.1. The summed E-state index contributed by atoms with van der Waals surface area (Å²) in [5.41, 5.74) is 0.